The molecule has 0 fully saturated rings. The first-order chi connectivity index (χ1) is 32.3. The van der Waals surface area contributed by atoms with Crippen molar-refractivity contribution in [2.75, 3.05) is 4.90 Å². The maximum absolute atomic E-state index is 2.53. The van der Waals surface area contributed by atoms with Crippen LogP contribution in [0.4, 0.5) is 17.1 Å². The second kappa shape index (κ2) is 16.3. The van der Waals surface area contributed by atoms with Gasteiger partial charge in [-0.25, -0.2) is 0 Å². The summed E-state index contributed by atoms with van der Waals surface area (Å²) in [4.78, 5) is 2.46. The van der Waals surface area contributed by atoms with Gasteiger partial charge in [0.15, 0.2) is 0 Å². The summed E-state index contributed by atoms with van der Waals surface area (Å²) in [7, 11) is 0. The van der Waals surface area contributed by atoms with Gasteiger partial charge in [0.2, 0.25) is 0 Å². The van der Waals surface area contributed by atoms with Gasteiger partial charge in [0.05, 0.1) is 5.69 Å². The lowest BCUT2D eigenvalue weighted by atomic mass is 9.82. The first kappa shape index (κ1) is 38.2. The van der Waals surface area contributed by atoms with Crippen LogP contribution in [0.1, 0.15) is 0 Å². The van der Waals surface area contributed by atoms with Gasteiger partial charge in [-0.05, 0) is 136 Å². The molecule has 0 aliphatic heterocycles. The van der Waals surface area contributed by atoms with Crippen LogP contribution in [-0.2, 0) is 0 Å². The molecule has 0 N–H and O–H groups in total. The van der Waals surface area contributed by atoms with Crippen LogP contribution in [0, 0.1) is 0 Å². The van der Waals surface area contributed by atoms with Crippen molar-refractivity contribution in [1.82, 2.24) is 0 Å². The lowest BCUT2D eigenvalue weighted by molar-refractivity contribution is 1.30. The van der Waals surface area contributed by atoms with Crippen molar-refractivity contribution in [2.45, 2.75) is 0 Å². The Hall–Kier alpha value is -8.52. The van der Waals surface area contributed by atoms with Crippen molar-refractivity contribution in [3.63, 3.8) is 0 Å². The van der Waals surface area contributed by atoms with Gasteiger partial charge in [0.1, 0.15) is 0 Å². The molecule has 0 spiro atoms. The fourth-order valence-corrected chi connectivity index (χ4v) is 10.1. The van der Waals surface area contributed by atoms with Crippen molar-refractivity contribution in [1.29, 1.82) is 0 Å². The number of nitrogens with zero attached hydrogens (tertiary/aromatic N) is 1. The third-order valence-electron chi connectivity index (χ3n) is 13.0. The molecular weight excluding hydrogens is 783 g/mol. The number of rotatable bonds is 8. The normalized spacial score (nSPS) is 11.4. The highest BCUT2D eigenvalue weighted by Gasteiger charge is 2.26. The zero-order valence-electron chi connectivity index (χ0n) is 35.8. The van der Waals surface area contributed by atoms with E-state index in [0.29, 0.717) is 0 Å². The molecule has 0 radical (unpaired) electrons. The SMILES string of the molecule is c1ccc(-c2cccc(-c3c4ccccc4c(-c4cccc(-c5ccccc5)c4)c4cc5c(cc34)c(-c3ccccc3)c(N(c3ccccc3)c3ccccc3)c3ccccc35)c2)cc1. The molecule has 0 aliphatic rings. The van der Waals surface area contributed by atoms with Crippen molar-refractivity contribution in [3.8, 4) is 55.6 Å². The van der Waals surface area contributed by atoms with E-state index in [1.54, 1.807) is 0 Å². The number of benzene rings is 12. The summed E-state index contributed by atoms with van der Waals surface area (Å²) < 4.78 is 0. The summed E-state index contributed by atoms with van der Waals surface area (Å²) >= 11 is 0. The summed E-state index contributed by atoms with van der Waals surface area (Å²) in [5.74, 6) is 0. The standard InChI is InChI=1S/C64H43N/c1-6-22-44(23-7-1)47-28-20-30-49(40-47)61-54-37-17-18-38-55(54)62(50-31-21-29-48(41-50)45-24-8-2-9-25-45)60-43-58-57(42-59(60)61)53-36-16-19-39-56(53)64(63(58)46-26-10-3-11-27-46)65(51-32-12-4-13-33-51)52-34-14-5-15-35-52/h1-43H. The molecule has 0 aliphatic carbocycles. The monoisotopic (exact) mass is 825 g/mol. The van der Waals surface area contributed by atoms with Crippen molar-refractivity contribution in [3.05, 3.63) is 261 Å². The third kappa shape index (κ3) is 6.74. The second-order valence-corrected chi connectivity index (χ2v) is 16.8. The number of hydrogen-bond donors (Lipinski definition) is 0. The highest BCUT2D eigenvalue weighted by Crippen LogP contribution is 2.52. The molecule has 0 saturated carbocycles. The number of anilines is 3. The Morgan fingerprint density at radius 1 is 0.185 bits per heavy atom. The van der Waals surface area contributed by atoms with E-state index in [1.807, 2.05) is 0 Å². The number of hydrogen-bond acceptors (Lipinski definition) is 1. The summed E-state index contributed by atoms with van der Waals surface area (Å²) in [6.07, 6.45) is 0. The Labute approximate surface area is 379 Å². The van der Waals surface area contributed by atoms with Gasteiger partial charge >= 0.3 is 0 Å². The highest BCUT2D eigenvalue weighted by molar-refractivity contribution is 6.29. The van der Waals surface area contributed by atoms with E-state index >= 15 is 0 Å². The third-order valence-corrected chi connectivity index (χ3v) is 13.0. The molecule has 12 aromatic rings. The average Bonchev–Trinajstić information content (AvgIpc) is 3.39. The Morgan fingerprint density at radius 3 is 1.00 bits per heavy atom. The molecule has 0 heterocycles. The molecule has 0 amide bonds. The molecule has 0 saturated heterocycles. The van der Waals surface area contributed by atoms with Gasteiger partial charge in [0, 0.05) is 22.3 Å². The van der Waals surface area contributed by atoms with Crippen LogP contribution in [-0.4, -0.2) is 0 Å². The maximum Gasteiger partial charge on any atom is 0.0624 e. The predicted octanol–water partition coefficient (Wildman–Crippen LogP) is 18.1. The van der Waals surface area contributed by atoms with E-state index in [2.05, 4.69) is 266 Å². The minimum Gasteiger partial charge on any atom is -0.309 e. The van der Waals surface area contributed by atoms with Gasteiger partial charge in [-0.3, -0.25) is 0 Å². The zero-order chi connectivity index (χ0) is 43.1. The fourth-order valence-electron chi connectivity index (χ4n) is 10.1. The van der Waals surface area contributed by atoms with Gasteiger partial charge in [-0.2, -0.15) is 0 Å². The van der Waals surface area contributed by atoms with E-state index in [0.717, 1.165) is 17.1 Å². The van der Waals surface area contributed by atoms with Crippen LogP contribution in [0.25, 0.3) is 98.7 Å². The molecule has 12 aromatic carbocycles. The van der Waals surface area contributed by atoms with E-state index in [1.165, 1.54) is 98.7 Å². The van der Waals surface area contributed by atoms with E-state index in [9.17, 15) is 0 Å². The van der Waals surface area contributed by atoms with Crippen LogP contribution in [0.15, 0.2) is 261 Å². The Morgan fingerprint density at radius 2 is 0.523 bits per heavy atom. The van der Waals surface area contributed by atoms with Crippen LogP contribution in [0.3, 0.4) is 0 Å². The van der Waals surface area contributed by atoms with E-state index in [-0.39, 0.29) is 0 Å². The highest BCUT2D eigenvalue weighted by atomic mass is 15.1. The molecule has 65 heavy (non-hydrogen) atoms. The topological polar surface area (TPSA) is 3.24 Å². The van der Waals surface area contributed by atoms with Crippen molar-refractivity contribution in [2.24, 2.45) is 0 Å². The molecular formula is C64H43N. The Kier molecular flexibility index (Phi) is 9.58. The van der Waals surface area contributed by atoms with E-state index < -0.39 is 0 Å². The summed E-state index contributed by atoms with van der Waals surface area (Å²) in [5.41, 5.74) is 15.4. The largest absolute Gasteiger partial charge is 0.309 e. The molecule has 1 nitrogen and oxygen atoms in total. The van der Waals surface area contributed by atoms with Crippen LogP contribution in [0.2, 0.25) is 0 Å². The first-order valence-corrected chi connectivity index (χ1v) is 22.4. The first-order valence-electron chi connectivity index (χ1n) is 22.4. The van der Waals surface area contributed by atoms with Gasteiger partial charge in [-0.15, -0.1) is 0 Å². The molecule has 0 atom stereocenters. The summed E-state index contributed by atoms with van der Waals surface area (Å²) in [5, 5.41) is 9.71. The lowest BCUT2D eigenvalue weighted by Crippen LogP contribution is -2.12. The van der Waals surface area contributed by atoms with Gasteiger partial charge < -0.3 is 4.90 Å². The minimum absolute atomic E-state index is 1.10. The minimum atomic E-state index is 1.10. The summed E-state index contributed by atoms with van der Waals surface area (Å²) in [6, 6.07) is 95.5. The Balaban J connectivity index is 1.28. The molecule has 0 unspecified atom stereocenters. The van der Waals surface area contributed by atoms with Crippen LogP contribution in [0.5, 0.6) is 0 Å². The van der Waals surface area contributed by atoms with Crippen LogP contribution >= 0.6 is 0 Å². The molecule has 1 heteroatoms. The smallest absolute Gasteiger partial charge is 0.0624 e. The maximum atomic E-state index is 2.53. The predicted molar refractivity (Wildman–Crippen MR) is 278 cm³/mol. The summed E-state index contributed by atoms with van der Waals surface area (Å²) in [6.45, 7) is 0. The van der Waals surface area contributed by atoms with Crippen molar-refractivity contribution >= 4 is 60.2 Å². The quantitative estimate of drug-likeness (QED) is 0.109. The molecule has 0 aromatic heterocycles. The van der Waals surface area contributed by atoms with E-state index in [4.69, 9.17) is 0 Å². The van der Waals surface area contributed by atoms with Gasteiger partial charge in [0.25, 0.3) is 0 Å². The van der Waals surface area contributed by atoms with Crippen LogP contribution < -0.4 is 4.90 Å². The average molecular weight is 826 g/mol. The van der Waals surface area contributed by atoms with Gasteiger partial charge in [-0.1, -0.05) is 212 Å². The molecule has 12 rings (SSSR count). The molecule has 304 valence electrons. The number of para-hydroxylation sites is 2. The second-order valence-electron chi connectivity index (χ2n) is 16.8. The zero-order valence-corrected chi connectivity index (χ0v) is 35.8. The lowest BCUT2D eigenvalue weighted by Gasteiger charge is -2.31. The fraction of sp³-hybridized carbons (Fsp3) is 0. The van der Waals surface area contributed by atoms with Crippen molar-refractivity contribution < 1.29 is 0 Å². The Bertz CT molecular complexity index is 3640. The molecule has 0 bridgehead atoms. The number of fused-ring (bicyclic) bond motifs is 5.